The molecule has 4 nitrogen and oxygen atoms in total. The summed E-state index contributed by atoms with van der Waals surface area (Å²) >= 11 is 0. The number of carbonyl (C=O) groups is 2. The van der Waals surface area contributed by atoms with Crippen LogP contribution in [0.2, 0.25) is 0 Å². The Morgan fingerprint density at radius 2 is 1.54 bits per heavy atom. The van der Waals surface area contributed by atoms with E-state index in [1.807, 2.05) is 83.2 Å². The number of sulfone groups is 1. The fourth-order valence-electron chi connectivity index (χ4n) is 4.58. The molecule has 0 aliphatic heterocycles. The van der Waals surface area contributed by atoms with Crippen LogP contribution >= 0.6 is 0 Å². The van der Waals surface area contributed by atoms with Crippen LogP contribution < -0.4 is 0 Å². The maximum absolute atomic E-state index is 14.0. The minimum absolute atomic E-state index is 0.0342. The van der Waals surface area contributed by atoms with Gasteiger partial charge in [-0.1, -0.05) is 85.2 Å². The van der Waals surface area contributed by atoms with Crippen molar-refractivity contribution in [3.8, 4) is 0 Å². The van der Waals surface area contributed by atoms with Crippen LogP contribution in [0, 0.1) is 12.3 Å². The van der Waals surface area contributed by atoms with Crippen molar-refractivity contribution in [3.63, 3.8) is 0 Å². The van der Waals surface area contributed by atoms with Crippen molar-refractivity contribution in [3.05, 3.63) is 100 Å². The van der Waals surface area contributed by atoms with Crippen LogP contribution in [0.15, 0.2) is 99.6 Å². The van der Waals surface area contributed by atoms with Crippen LogP contribution in [0.3, 0.4) is 0 Å². The highest BCUT2D eigenvalue weighted by atomic mass is 32.2. The lowest BCUT2D eigenvalue weighted by Gasteiger charge is -2.38. The average molecular weight is 521 g/mol. The Kier molecular flexibility index (Phi) is 10.6. The predicted molar refractivity (Wildman–Crippen MR) is 153 cm³/mol. The van der Waals surface area contributed by atoms with E-state index in [0.717, 1.165) is 28.6 Å². The molecule has 1 aromatic rings. The van der Waals surface area contributed by atoms with E-state index in [-0.39, 0.29) is 10.7 Å². The average Bonchev–Trinajstić information content (AvgIpc) is 2.83. The Balaban J connectivity index is 2.43. The van der Waals surface area contributed by atoms with E-state index >= 15 is 0 Å². The van der Waals surface area contributed by atoms with Crippen molar-refractivity contribution in [2.24, 2.45) is 5.41 Å². The molecule has 1 aliphatic carbocycles. The second-order valence-corrected chi connectivity index (χ2v) is 12.7. The molecule has 0 aromatic heterocycles. The number of aldehydes is 1. The molecule has 1 aromatic carbocycles. The lowest BCUT2D eigenvalue weighted by Crippen LogP contribution is -2.37. The Bertz CT molecular complexity index is 1290. The van der Waals surface area contributed by atoms with Crippen LogP contribution in [0.25, 0.3) is 0 Å². The Morgan fingerprint density at radius 1 is 0.946 bits per heavy atom. The lowest BCUT2D eigenvalue weighted by molar-refractivity contribution is -0.116. The molecular formula is C32H40O4S. The first-order chi connectivity index (χ1) is 17.3. The van der Waals surface area contributed by atoms with Gasteiger partial charge in [0.15, 0.2) is 15.6 Å². The summed E-state index contributed by atoms with van der Waals surface area (Å²) < 4.78 is 28.0. The maximum atomic E-state index is 14.0. The summed E-state index contributed by atoms with van der Waals surface area (Å²) in [5, 5.41) is -0.813. The van der Waals surface area contributed by atoms with Gasteiger partial charge < -0.3 is 0 Å². The third kappa shape index (κ3) is 8.22. The van der Waals surface area contributed by atoms with E-state index in [0.29, 0.717) is 30.4 Å². The summed E-state index contributed by atoms with van der Waals surface area (Å²) in [6.45, 7) is 13.4. The largest absolute Gasteiger partial charge is 0.298 e. The fourth-order valence-corrected chi connectivity index (χ4v) is 6.71. The smallest absolute Gasteiger partial charge is 0.185 e. The zero-order chi connectivity index (χ0) is 27.8. The molecule has 0 heterocycles. The predicted octanol–water partition coefficient (Wildman–Crippen LogP) is 7.38. The second kappa shape index (κ2) is 13.0. The number of ketones is 1. The third-order valence-electron chi connectivity index (χ3n) is 6.84. The van der Waals surface area contributed by atoms with E-state index in [4.69, 9.17) is 0 Å². The first-order valence-corrected chi connectivity index (χ1v) is 14.2. The summed E-state index contributed by atoms with van der Waals surface area (Å²) in [4.78, 5) is 23.6. The number of rotatable bonds is 10. The molecular weight excluding hydrogens is 480 g/mol. The van der Waals surface area contributed by atoms with Crippen molar-refractivity contribution in [2.45, 2.75) is 77.9 Å². The molecule has 0 amide bonds. The van der Waals surface area contributed by atoms with Crippen molar-refractivity contribution < 1.29 is 18.0 Å². The molecule has 0 saturated heterocycles. The van der Waals surface area contributed by atoms with E-state index < -0.39 is 20.5 Å². The summed E-state index contributed by atoms with van der Waals surface area (Å²) in [6.07, 6.45) is 15.4. The number of hydrogen-bond acceptors (Lipinski definition) is 4. The van der Waals surface area contributed by atoms with E-state index in [1.54, 1.807) is 32.1 Å². The number of Topliss-reactive ketones (excluding diaryl/α,β-unsaturated/α-hetero) is 1. The minimum Gasteiger partial charge on any atom is -0.298 e. The van der Waals surface area contributed by atoms with Crippen LogP contribution in [0.5, 0.6) is 0 Å². The van der Waals surface area contributed by atoms with Crippen molar-refractivity contribution in [1.82, 2.24) is 0 Å². The normalized spacial score (nSPS) is 18.7. The van der Waals surface area contributed by atoms with E-state index in [2.05, 4.69) is 0 Å². The molecule has 1 aliphatic rings. The zero-order valence-corrected chi connectivity index (χ0v) is 24.0. The van der Waals surface area contributed by atoms with Crippen LogP contribution in [-0.4, -0.2) is 25.7 Å². The number of carbonyl (C=O) groups excluding carboxylic acids is 2. The van der Waals surface area contributed by atoms with E-state index in [1.165, 1.54) is 0 Å². The van der Waals surface area contributed by atoms with Gasteiger partial charge in [-0.05, 0) is 81.7 Å². The molecule has 0 spiro atoms. The standard InChI is InChI=1S/C32H40O4S/c1-23(11-8-9-12-26(4)22-33)13-10-14-25(3)21-30(31-27(5)29(34)19-20-32(31,6)7)37(35,36)28-17-15-24(2)16-18-28/h8-18,22,30H,19-21H2,1-7H3/b9-8+,13-10?,23-11+,25-14?,26-12+. The number of aryl methyl sites for hydroxylation is 1. The fraction of sp³-hybridized carbons (Fsp3) is 0.375. The minimum atomic E-state index is -3.73. The molecule has 5 heteroatoms. The van der Waals surface area contributed by atoms with Gasteiger partial charge in [-0.25, -0.2) is 8.42 Å². The first-order valence-electron chi connectivity index (χ1n) is 12.7. The molecule has 198 valence electrons. The highest BCUT2D eigenvalue weighted by Gasteiger charge is 2.42. The van der Waals surface area contributed by atoms with Gasteiger partial charge in [0, 0.05) is 6.42 Å². The third-order valence-corrected chi connectivity index (χ3v) is 8.92. The van der Waals surface area contributed by atoms with Gasteiger partial charge in [0.05, 0.1) is 10.1 Å². The van der Waals surface area contributed by atoms with Crippen molar-refractivity contribution >= 4 is 21.9 Å². The molecule has 37 heavy (non-hydrogen) atoms. The van der Waals surface area contributed by atoms with Gasteiger partial charge >= 0.3 is 0 Å². The molecule has 0 fully saturated rings. The molecule has 0 radical (unpaired) electrons. The number of allylic oxidation sites excluding steroid dienone is 11. The maximum Gasteiger partial charge on any atom is 0.185 e. The SMILES string of the molecule is CC(=CC=C/C(C)=C/C=C/C=C(\C)C=O)CC(C1=C(C)C(=O)CCC1(C)C)S(=O)(=O)c1ccc(C)cc1. The highest BCUT2D eigenvalue weighted by molar-refractivity contribution is 7.92. The molecule has 1 atom stereocenters. The monoisotopic (exact) mass is 520 g/mol. The van der Waals surface area contributed by atoms with E-state index in [9.17, 15) is 18.0 Å². The molecule has 2 rings (SSSR count). The quantitative estimate of drug-likeness (QED) is 0.183. The molecule has 0 N–H and O–H groups in total. The topological polar surface area (TPSA) is 68.3 Å². The lowest BCUT2D eigenvalue weighted by atomic mass is 9.70. The van der Waals surface area contributed by atoms with Gasteiger partial charge in [0.2, 0.25) is 0 Å². The summed E-state index contributed by atoms with van der Waals surface area (Å²) in [5.41, 5.74) is 4.51. The molecule has 1 unspecified atom stereocenters. The Hall–Kier alpha value is -3.05. The molecule has 0 saturated carbocycles. The zero-order valence-electron chi connectivity index (χ0n) is 23.2. The van der Waals surface area contributed by atoms with Crippen LogP contribution in [0.1, 0.15) is 66.4 Å². The summed E-state index contributed by atoms with van der Waals surface area (Å²) in [5.74, 6) is 0.0342. The number of benzene rings is 1. The van der Waals surface area contributed by atoms with Gasteiger partial charge in [-0.15, -0.1) is 0 Å². The Labute approximate surface area is 223 Å². The molecule has 0 bridgehead atoms. The summed E-state index contributed by atoms with van der Waals surface area (Å²) in [7, 11) is -3.73. The van der Waals surface area contributed by atoms with Gasteiger partial charge in [0.1, 0.15) is 6.29 Å². The second-order valence-electron chi connectivity index (χ2n) is 10.6. The Morgan fingerprint density at radius 3 is 2.14 bits per heavy atom. The van der Waals surface area contributed by atoms with Crippen LogP contribution in [-0.2, 0) is 19.4 Å². The summed E-state index contributed by atoms with van der Waals surface area (Å²) in [6, 6.07) is 6.95. The number of hydrogen-bond donors (Lipinski definition) is 0. The van der Waals surface area contributed by atoms with Gasteiger partial charge in [-0.2, -0.15) is 0 Å². The first kappa shape index (κ1) is 30.2. The van der Waals surface area contributed by atoms with Crippen LogP contribution in [0.4, 0.5) is 0 Å². The van der Waals surface area contributed by atoms with Gasteiger partial charge in [0.25, 0.3) is 0 Å². The van der Waals surface area contributed by atoms with Gasteiger partial charge in [-0.3, -0.25) is 9.59 Å². The highest BCUT2D eigenvalue weighted by Crippen LogP contribution is 2.45. The van der Waals surface area contributed by atoms with Crippen molar-refractivity contribution in [2.75, 3.05) is 0 Å². The van der Waals surface area contributed by atoms with Crippen molar-refractivity contribution in [1.29, 1.82) is 0 Å².